The first kappa shape index (κ1) is 21.6. The zero-order valence-corrected chi connectivity index (χ0v) is 17.4. The zero-order chi connectivity index (χ0) is 20.7. The third-order valence-electron chi connectivity index (χ3n) is 4.82. The van der Waals surface area contributed by atoms with Gasteiger partial charge in [-0.15, -0.1) is 0 Å². The van der Waals surface area contributed by atoms with Crippen molar-refractivity contribution in [1.82, 2.24) is 10.6 Å². The van der Waals surface area contributed by atoms with Crippen molar-refractivity contribution in [2.24, 2.45) is 5.92 Å². The molecule has 0 aliphatic carbocycles. The van der Waals surface area contributed by atoms with Crippen LogP contribution in [0.2, 0.25) is 0 Å². The molecule has 0 saturated carbocycles. The minimum Gasteiger partial charge on any atom is -0.346 e. The average molecular weight is 382 g/mol. The van der Waals surface area contributed by atoms with Crippen molar-refractivity contribution in [3.8, 4) is 0 Å². The van der Waals surface area contributed by atoms with Crippen molar-refractivity contribution in [3.05, 3.63) is 65.2 Å². The number of nitrogens with one attached hydrogen (secondary N) is 3. The molecule has 28 heavy (non-hydrogen) atoms. The molecule has 0 fully saturated rings. The maximum Gasteiger partial charge on any atom is 0.243 e. The molecule has 2 aromatic carbocycles. The smallest absolute Gasteiger partial charge is 0.243 e. The minimum atomic E-state index is -0.416. The topological polar surface area (TPSA) is 70.2 Å². The molecular formula is C23H31N3O2. The molecule has 0 aliphatic heterocycles. The van der Waals surface area contributed by atoms with Gasteiger partial charge in [-0.3, -0.25) is 14.9 Å². The van der Waals surface area contributed by atoms with E-state index in [0.717, 1.165) is 22.4 Å². The SMILES string of the molecule is Cc1cccc(C)c1NC(=O)CNC(=O)[C@H](C)N[C@H](c1ccccc1)C(C)C. The minimum absolute atomic E-state index is 0.0592. The number of hydrogen-bond donors (Lipinski definition) is 3. The highest BCUT2D eigenvalue weighted by Crippen LogP contribution is 2.22. The van der Waals surface area contributed by atoms with Gasteiger partial charge in [0, 0.05) is 11.7 Å². The van der Waals surface area contributed by atoms with Gasteiger partial charge in [-0.25, -0.2) is 0 Å². The van der Waals surface area contributed by atoms with Gasteiger partial charge in [0.15, 0.2) is 0 Å². The molecule has 0 aliphatic rings. The average Bonchev–Trinajstić information content (AvgIpc) is 2.67. The summed E-state index contributed by atoms with van der Waals surface area (Å²) in [5.74, 6) is -0.107. The van der Waals surface area contributed by atoms with E-state index in [1.54, 1.807) is 0 Å². The first-order valence-electron chi connectivity index (χ1n) is 9.74. The Morgan fingerprint density at radius 3 is 2.07 bits per heavy atom. The predicted octanol–water partition coefficient (Wildman–Crippen LogP) is 3.73. The van der Waals surface area contributed by atoms with Crippen LogP contribution in [0.1, 0.15) is 43.5 Å². The normalized spacial score (nSPS) is 13.1. The van der Waals surface area contributed by atoms with Crippen molar-refractivity contribution in [1.29, 1.82) is 0 Å². The summed E-state index contributed by atoms with van der Waals surface area (Å²) >= 11 is 0. The molecule has 2 atom stereocenters. The number of carbonyl (C=O) groups excluding carboxylic acids is 2. The van der Waals surface area contributed by atoms with Crippen molar-refractivity contribution in [2.45, 2.75) is 46.7 Å². The van der Waals surface area contributed by atoms with E-state index in [1.165, 1.54) is 0 Å². The van der Waals surface area contributed by atoms with Gasteiger partial charge >= 0.3 is 0 Å². The number of aryl methyl sites for hydroxylation is 2. The molecule has 0 saturated heterocycles. The lowest BCUT2D eigenvalue weighted by Crippen LogP contribution is -2.46. The van der Waals surface area contributed by atoms with Crippen molar-refractivity contribution in [2.75, 3.05) is 11.9 Å². The van der Waals surface area contributed by atoms with Crippen LogP contribution in [0.3, 0.4) is 0 Å². The number of amides is 2. The van der Waals surface area contributed by atoms with Crippen LogP contribution in [-0.4, -0.2) is 24.4 Å². The summed E-state index contributed by atoms with van der Waals surface area (Å²) in [6, 6.07) is 15.6. The maximum absolute atomic E-state index is 12.5. The summed E-state index contributed by atoms with van der Waals surface area (Å²) in [6.45, 7) is 9.89. The lowest BCUT2D eigenvalue weighted by atomic mass is 9.95. The highest BCUT2D eigenvalue weighted by Gasteiger charge is 2.22. The fourth-order valence-corrected chi connectivity index (χ4v) is 3.19. The Balaban J connectivity index is 1.90. The zero-order valence-electron chi connectivity index (χ0n) is 17.4. The van der Waals surface area contributed by atoms with Crippen LogP contribution < -0.4 is 16.0 Å². The number of anilines is 1. The summed E-state index contributed by atoms with van der Waals surface area (Å²) in [5.41, 5.74) is 3.94. The Hall–Kier alpha value is -2.66. The largest absolute Gasteiger partial charge is 0.346 e. The van der Waals surface area contributed by atoms with Crippen LogP contribution in [-0.2, 0) is 9.59 Å². The molecule has 2 aromatic rings. The van der Waals surface area contributed by atoms with Gasteiger partial charge in [-0.05, 0) is 43.4 Å². The van der Waals surface area contributed by atoms with Crippen molar-refractivity contribution < 1.29 is 9.59 Å². The van der Waals surface area contributed by atoms with Gasteiger partial charge in [0.05, 0.1) is 12.6 Å². The quantitative estimate of drug-likeness (QED) is 0.652. The summed E-state index contributed by atoms with van der Waals surface area (Å²) in [6.07, 6.45) is 0. The van der Waals surface area contributed by atoms with Crippen LogP contribution >= 0.6 is 0 Å². The van der Waals surface area contributed by atoms with Crippen LogP contribution in [0.5, 0.6) is 0 Å². The summed E-state index contributed by atoms with van der Waals surface area (Å²) in [7, 11) is 0. The van der Waals surface area contributed by atoms with E-state index in [9.17, 15) is 9.59 Å². The second kappa shape index (κ2) is 10.0. The summed E-state index contributed by atoms with van der Waals surface area (Å²) in [5, 5.41) is 8.99. The Labute approximate surface area is 167 Å². The number of para-hydroxylation sites is 1. The number of hydrogen-bond acceptors (Lipinski definition) is 3. The van der Waals surface area contributed by atoms with Gasteiger partial charge in [0.2, 0.25) is 11.8 Å². The third-order valence-corrected chi connectivity index (χ3v) is 4.82. The standard InChI is InChI=1S/C23H31N3O2/c1-15(2)21(19-12-7-6-8-13-19)25-18(5)23(28)24-14-20(27)26-22-16(3)10-9-11-17(22)4/h6-13,15,18,21,25H,14H2,1-5H3,(H,24,28)(H,26,27)/t18-,21-/m0/s1. The molecule has 0 radical (unpaired) electrons. The number of rotatable bonds is 8. The molecule has 5 heteroatoms. The number of benzene rings is 2. The van der Waals surface area contributed by atoms with Gasteiger partial charge in [-0.2, -0.15) is 0 Å². The van der Waals surface area contributed by atoms with E-state index in [2.05, 4.69) is 41.9 Å². The molecule has 0 bridgehead atoms. The highest BCUT2D eigenvalue weighted by molar-refractivity contribution is 5.96. The van der Waals surface area contributed by atoms with Gasteiger partial charge in [0.1, 0.15) is 0 Å². The molecule has 0 unspecified atom stereocenters. The van der Waals surface area contributed by atoms with Gasteiger partial charge in [-0.1, -0.05) is 62.4 Å². The van der Waals surface area contributed by atoms with E-state index in [1.807, 2.05) is 57.2 Å². The molecule has 0 spiro atoms. The predicted molar refractivity (Wildman–Crippen MR) is 114 cm³/mol. The van der Waals surface area contributed by atoms with E-state index in [-0.39, 0.29) is 24.4 Å². The monoisotopic (exact) mass is 381 g/mol. The van der Waals surface area contributed by atoms with Crippen molar-refractivity contribution in [3.63, 3.8) is 0 Å². The molecule has 0 aromatic heterocycles. The second-order valence-electron chi connectivity index (χ2n) is 7.55. The maximum atomic E-state index is 12.5. The van der Waals surface area contributed by atoms with Crippen LogP contribution in [0.4, 0.5) is 5.69 Å². The van der Waals surface area contributed by atoms with E-state index in [4.69, 9.17) is 0 Å². The van der Waals surface area contributed by atoms with E-state index < -0.39 is 6.04 Å². The van der Waals surface area contributed by atoms with Crippen LogP contribution in [0, 0.1) is 19.8 Å². The Kier molecular flexibility index (Phi) is 7.76. The van der Waals surface area contributed by atoms with Crippen LogP contribution in [0.25, 0.3) is 0 Å². The van der Waals surface area contributed by atoms with E-state index >= 15 is 0 Å². The first-order chi connectivity index (χ1) is 13.3. The van der Waals surface area contributed by atoms with Crippen LogP contribution in [0.15, 0.2) is 48.5 Å². The number of carbonyl (C=O) groups is 2. The fourth-order valence-electron chi connectivity index (χ4n) is 3.19. The highest BCUT2D eigenvalue weighted by atomic mass is 16.2. The lowest BCUT2D eigenvalue weighted by Gasteiger charge is -2.26. The molecule has 2 amide bonds. The first-order valence-corrected chi connectivity index (χ1v) is 9.74. The molecular weight excluding hydrogens is 350 g/mol. The van der Waals surface area contributed by atoms with Gasteiger partial charge < -0.3 is 10.6 Å². The molecule has 5 nitrogen and oxygen atoms in total. The van der Waals surface area contributed by atoms with Gasteiger partial charge in [0.25, 0.3) is 0 Å². The molecule has 0 heterocycles. The fraction of sp³-hybridized carbons (Fsp3) is 0.391. The Bertz CT molecular complexity index is 782. The third kappa shape index (κ3) is 5.92. The molecule has 150 valence electrons. The molecule has 3 N–H and O–H groups in total. The Morgan fingerprint density at radius 1 is 0.893 bits per heavy atom. The summed E-state index contributed by atoms with van der Waals surface area (Å²) in [4.78, 5) is 24.7. The van der Waals surface area contributed by atoms with Crippen molar-refractivity contribution >= 4 is 17.5 Å². The second-order valence-corrected chi connectivity index (χ2v) is 7.55. The van der Waals surface area contributed by atoms with E-state index in [0.29, 0.717) is 5.92 Å². The summed E-state index contributed by atoms with van der Waals surface area (Å²) < 4.78 is 0. The lowest BCUT2D eigenvalue weighted by molar-refractivity contribution is -0.125. The Morgan fingerprint density at radius 2 is 1.50 bits per heavy atom. The molecule has 2 rings (SSSR count).